The molecule has 0 radical (unpaired) electrons. The fourth-order valence-electron chi connectivity index (χ4n) is 2.69. The molecule has 2 rings (SSSR count). The molecule has 1 atom stereocenters. The maximum atomic E-state index is 12.0. The van der Waals surface area contributed by atoms with Crippen LogP contribution >= 0.6 is 24.0 Å². The van der Waals surface area contributed by atoms with Crippen LogP contribution in [-0.4, -0.2) is 57.2 Å². The summed E-state index contributed by atoms with van der Waals surface area (Å²) in [5.74, 6) is 2.30. The number of ether oxygens (including phenoxy) is 2. The van der Waals surface area contributed by atoms with Gasteiger partial charge in [-0.15, -0.1) is 24.0 Å². The number of hydrogen-bond acceptors (Lipinski definition) is 4. The van der Waals surface area contributed by atoms with E-state index in [0.717, 1.165) is 29.6 Å². The van der Waals surface area contributed by atoms with E-state index in [-0.39, 0.29) is 36.0 Å². The van der Waals surface area contributed by atoms with E-state index in [1.165, 1.54) is 0 Å². The molecule has 0 fully saturated rings. The standard InChI is InChI=1S/C23H32N4O3.HI/c1-6-24-23(25-15-17(2)30-21-13-11-20(29-5)12-14-21)26-16-18-7-9-19(10-8-18)22(28)27(3)4;/h7-14,17H,6,15-16H2,1-5H3,(H2,24,25,26);1H. The Kier molecular flexibility index (Phi) is 11.8. The van der Waals surface area contributed by atoms with Crippen LogP contribution in [0, 0.1) is 0 Å². The zero-order valence-corrected chi connectivity index (χ0v) is 21.2. The monoisotopic (exact) mass is 540 g/mol. The van der Waals surface area contributed by atoms with Crippen molar-refractivity contribution in [1.82, 2.24) is 15.5 Å². The minimum atomic E-state index is -0.0430. The highest BCUT2D eigenvalue weighted by Gasteiger charge is 2.08. The van der Waals surface area contributed by atoms with Crippen LogP contribution in [0.25, 0.3) is 0 Å². The van der Waals surface area contributed by atoms with Gasteiger partial charge in [-0.3, -0.25) is 4.79 Å². The Labute approximate surface area is 202 Å². The number of nitrogens with zero attached hydrogens (tertiary/aromatic N) is 2. The molecule has 0 saturated carbocycles. The highest BCUT2D eigenvalue weighted by molar-refractivity contribution is 14.0. The molecule has 0 bridgehead atoms. The molecular weight excluding hydrogens is 507 g/mol. The van der Waals surface area contributed by atoms with Crippen LogP contribution in [0.1, 0.15) is 29.8 Å². The molecule has 170 valence electrons. The molecule has 2 aromatic carbocycles. The quantitative estimate of drug-likeness (QED) is 0.289. The molecule has 1 amide bonds. The van der Waals surface area contributed by atoms with Crippen molar-refractivity contribution in [2.45, 2.75) is 26.5 Å². The lowest BCUT2D eigenvalue weighted by Gasteiger charge is -2.18. The van der Waals surface area contributed by atoms with Crippen molar-refractivity contribution in [2.24, 2.45) is 4.99 Å². The molecule has 0 aliphatic carbocycles. The van der Waals surface area contributed by atoms with E-state index < -0.39 is 0 Å². The minimum absolute atomic E-state index is 0. The topological polar surface area (TPSA) is 75.2 Å². The Morgan fingerprint density at radius 3 is 2.19 bits per heavy atom. The van der Waals surface area contributed by atoms with Gasteiger partial charge in [-0.05, 0) is 55.8 Å². The van der Waals surface area contributed by atoms with Crippen LogP contribution in [0.2, 0.25) is 0 Å². The number of amides is 1. The second-order valence-electron chi connectivity index (χ2n) is 7.08. The van der Waals surface area contributed by atoms with Gasteiger partial charge in [0.15, 0.2) is 5.96 Å². The maximum Gasteiger partial charge on any atom is 0.253 e. The number of halogens is 1. The van der Waals surface area contributed by atoms with Gasteiger partial charge < -0.3 is 25.0 Å². The van der Waals surface area contributed by atoms with E-state index in [1.807, 2.05) is 62.4 Å². The van der Waals surface area contributed by atoms with Gasteiger partial charge in [0.25, 0.3) is 5.91 Å². The smallest absolute Gasteiger partial charge is 0.253 e. The van der Waals surface area contributed by atoms with Crippen molar-refractivity contribution >= 4 is 35.8 Å². The third-order valence-corrected chi connectivity index (χ3v) is 4.32. The van der Waals surface area contributed by atoms with Crippen molar-refractivity contribution in [3.8, 4) is 11.5 Å². The van der Waals surface area contributed by atoms with Crippen molar-refractivity contribution in [3.05, 3.63) is 59.7 Å². The summed E-state index contributed by atoms with van der Waals surface area (Å²) in [7, 11) is 5.13. The Bertz CT molecular complexity index is 824. The van der Waals surface area contributed by atoms with Gasteiger partial charge in [-0.1, -0.05) is 12.1 Å². The average molecular weight is 540 g/mol. The number of aliphatic imine (C=N–C) groups is 1. The fraction of sp³-hybridized carbons (Fsp3) is 0.391. The molecule has 2 aromatic rings. The number of nitrogens with one attached hydrogen (secondary N) is 2. The first-order chi connectivity index (χ1) is 14.4. The molecule has 7 nitrogen and oxygen atoms in total. The predicted octanol–water partition coefficient (Wildman–Crippen LogP) is 3.54. The van der Waals surface area contributed by atoms with Crippen molar-refractivity contribution < 1.29 is 14.3 Å². The highest BCUT2D eigenvalue weighted by atomic mass is 127. The molecule has 0 aromatic heterocycles. The molecule has 0 spiro atoms. The molecule has 0 heterocycles. The third kappa shape index (κ3) is 9.04. The third-order valence-electron chi connectivity index (χ3n) is 4.32. The Morgan fingerprint density at radius 2 is 1.65 bits per heavy atom. The number of carbonyl (C=O) groups is 1. The number of carbonyl (C=O) groups excluding carboxylic acids is 1. The van der Waals surface area contributed by atoms with Crippen molar-refractivity contribution in [2.75, 3.05) is 34.3 Å². The number of benzene rings is 2. The lowest BCUT2D eigenvalue weighted by Crippen LogP contribution is -2.41. The first-order valence-corrected chi connectivity index (χ1v) is 10.1. The minimum Gasteiger partial charge on any atom is -0.497 e. The van der Waals surface area contributed by atoms with E-state index in [1.54, 1.807) is 26.1 Å². The fourth-order valence-corrected chi connectivity index (χ4v) is 2.69. The Morgan fingerprint density at radius 1 is 1.03 bits per heavy atom. The number of rotatable bonds is 9. The lowest BCUT2D eigenvalue weighted by atomic mass is 10.1. The lowest BCUT2D eigenvalue weighted by molar-refractivity contribution is 0.0827. The molecule has 0 saturated heterocycles. The zero-order valence-electron chi connectivity index (χ0n) is 18.8. The van der Waals surface area contributed by atoms with Gasteiger partial charge >= 0.3 is 0 Å². The summed E-state index contributed by atoms with van der Waals surface area (Å²) in [5.41, 5.74) is 1.70. The van der Waals surface area contributed by atoms with Gasteiger partial charge in [0.1, 0.15) is 17.6 Å². The van der Waals surface area contributed by atoms with Crippen molar-refractivity contribution in [3.63, 3.8) is 0 Å². The van der Waals surface area contributed by atoms with Crippen LogP contribution in [0.4, 0.5) is 0 Å². The summed E-state index contributed by atoms with van der Waals surface area (Å²) in [6, 6.07) is 15.0. The second-order valence-corrected chi connectivity index (χ2v) is 7.08. The Balaban J connectivity index is 0.00000480. The summed E-state index contributed by atoms with van der Waals surface area (Å²) < 4.78 is 11.1. The molecule has 0 aliphatic rings. The molecule has 2 N–H and O–H groups in total. The van der Waals surface area contributed by atoms with Crippen LogP contribution < -0.4 is 20.1 Å². The van der Waals surface area contributed by atoms with E-state index in [9.17, 15) is 4.79 Å². The second kappa shape index (κ2) is 13.7. The summed E-state index contributed by atoms with van der Waals surface area (Å²) in [6.07, 6.45) is -0.0430. The van der Waals surface area contributed by atoms with Crippen LogP contribution in [0.3, 0.4) is 0 Å². The SMILES string of the molecule is CCNC(=NCc1ccc(C(=O)N(C)C)cc1)NCC(C)Oc1ccc(OC)cc1.I. The molecule has 0 aliphatic heterocycles. The van der Waals surface area contributed by atoms with Gasteiger partial charge in [-0.2, -0.15) is 0 Å². The molecule has 31 heavy (non-hydrogen) atoms. The summed E-state index contributed by atoms with van der Waals surface area (Å²) in [5, 5.41) is 6.54. The largest absolute Gasteiger partial charge is 0.497 e. The van der Waals surface area contributed by atoms with Gasteiger partial charge in [0, 0.05) is 26.2 Å². The van der Waals surface area contributed by atoms with E-state index >= 15 is 0 Å². The maximum absolute atomic E-state index is 12.0. The summed E-state index contributed by atoms with van der Waals surface area (Å²) >= 11 is 0. The first-order valence-electron chi connectivity index (χ1n) is 10.1. The molecule has 1 unspecified atom stereocenters. The van der Waals surface area contributed by atoms with Crippen molar-refractivity contribution in [1.29, 1.82) is 0 Å². The number of hydrogen-bond donors (Lipinski definition) is 2. The van der Waals surface area contributed by atoms with E-state index in [2.05, 4.69) is 15.6 Å². The normalized spacial score (nSPS) is 11.7. The van der Waals surface area contributed by atoms with E-state index in [4.69, 9.17) is 9.47 Å². The highest BCUT2D eigenvalue weighted by Crippen LogP contribution is 2.18. The molecule has 8 heteroatoms. The zero-order chi connectivity index (χ0) is 21.9. The van der Waals surface area contributed by atoms with E-state index in [0.29, 0.717) is 18.7 Å². The van der Waals surface area contributed by atoms with Crippen LogP contribution in [0.15, 0.2) is 53.5 Å². The van der Waals surface area contributed by atoms with Gasteiger partial charge in [0.05, 0.1) is 20.2 Å². The average Bonchev–Trinajstić information content (AvgIpc) is 2.76. The summed E-state index contributed by atoms with van der Waals surface area (Å²) in [4.78, 5) is 18.2. The first kappa shape index (κ1) is 26.5. The van der Waals surface area contributed by atoms with Gasteiger partial charge in [-0.25, -0.2) is 4.99 Å². The van der Waals surface area contributed by atoms with Crippen LogP contribution in [0.5, 0.6) is 11.5 Å². The van der Waals surface area contributed by atoms with Gasteiger partial charge in [0.2, 0.25) is 0 Å². The molecular formula is C23H33IN4O3. The number of guanidine groups is 1. The predicted molar refractivity (Wildman–Crippen MR) is 136 cm³/mol. The van der Waals surface area contributed by atoms with Crippen LogP contribution in [-0.2, 0) is 6.54 Å². The number of methoxy groups -OCH3 is 1. The summed E-state index contributed by atoms with van der Waals surface area (Å²) in [6.45, 7) is 5.90. The Hall–Kier alpha value is -2.49.